The summed E-state index contributed by atoms with van der Waals surface area (Å²) in [6.45, 7) is 3.28. The number of carbonyl (C=O) groups is 1. The van der Waals surface area contributed by atoms with Crippen LogP contribution < -0.4 is 0 Å². The van der Waals surface area contributed by atoms with Crippen molar-refractivity contribution in [3.8, 4) is 10.6 Å². The first kappa shape index (κ1) is 15.8. The van der Waals surface area contributed by atoms with Gasteiger partial charge in [0.05, 0.1) is 24.4 Å². The number of hydrogen-bond acceptors (Lipinski definition) is 4. The van der Waals surface area contributed by atoms with Gasteiger partial charge in [0.2, 0.25) is 0 Å². The molecule has 1 aromatic carbocycles. The van der Waals surface area contributed by atoms with Gasteiger partial charge in [0.15, 0.2) is 0 Å². The zero-order valence-corrected chi connectivity index (χ0v) is 14.7. The van der Waals surface area contributed by atoms with E-state index in [4.69, 9.17) is 4.74 Å². The molecule has 1 saturated carbocycles. The summed E-state index contributed by atoms with van der Waals surface area (Å²) < 4.78 is 5.90. The second-order valence-corrected chi connectivity index (χ2v) is 7.56. The Bertz CT molecular complexity index is 726. The fourth-order valence-electron chi connectivity index (χ4n) is 3.78. The van der Waals surface area contributed by atoms with Crippen molar-refractivity contribution in [1.82, 2.24) is 9.88 Å². The van der Waals surface area contributed by atoms with E-state index < -0.39 is 0 Å². The Morgan fingerprint density at radius 1 is 1.25 bits per heavy atom. The number of benzene rings is 1. The van der Waals surface area contributed by atoms with Gasteiger partial charge < -0.3 is 9.64 Å². The molecule has 4 rings (SSSR count). The number of aromatic nitrogens is 1. The van der Waals surface area contributed by atoms with Gasteiger partial charge in [-0.25, -0.2) is 4.98 Å². The Kier molecular flexibility index (Phi) is 4.37. The second kappa shape index (κ2) is 6.65. The highest BCUT2D eigenvalue weighted by Gasteiger charge is 2.38. The summed E-state index contributed by atoms with van der Waals surface area (Å²) in [5.41, 5.74) is 1.91. The number of hydrogen-bond donors (Lipinski definition) is 0. The molecule has 2 aliphatic rings. The van der Waals surface area contributed by atoms with Crippen LogP contribution in [0.15, 0.2) is 30.3 Å². The Morgan fingerprint density at radius 3 is 2.88 bits per heavy atom. The number of ether oxygens (including phenoxy) is 1. The topological polar surface area (TPSA) is 42.4 Å². The van der Waals surface area contributed by atoms with Gasteiger partial charge in [-0.05, 0) is 19.8 Å². The van der Waals surface area contributed by atoms with Crippen LogP contribution in [-0.2, 0) is 4.74 Å². The molecular formula is C19H22N2O2S. The van der Waals surface area contributed by atoms with Crippen molar-refractivity contribution in [1.29, 1.82) is 0 Å². The third kappa shape index (κ3) is 2.87. The maximum atomic E-state index is 13.2. The molecule has 0 N–H and O–H groups in total. The van der Waals surface area contributed by atoms with Crippen molar-refractivity contribution >= 4 is 17.2 Å². The summed E-state index contributed by atoms with van der Waals surface area (Å²) >= 11 is 1.51. The van der Waals surface area contributed by atoms with Crippen LogP contribution in [0.5, 0.6) is 0 Å². The van der Waals surface area contributed by atoms with E-state index >= 15 is 0 Å². The van der Waals surface area contributed by atoms with E-state index in [-0.39, 0.29) is 18.1 Å². The molecule has 0 bridgehead atoms. The summed E-state index contributed by atoms with van der Waals surface area (Å²) in [4.78, 5) is 20.6. The Morgan fingerprint density at radius 2 is 2.04 bits per heavy atom. The fraction of sp³-hybridized carbons (Fsp3) is 0.474. The van der Waals surface area contributed by atoms with Crippen LogP contribution in [0.2, 0.25) is 0 Å². The second-order valence-electron chi connectivity index (χ2n) is 6.56. The van der Waals surface area contributed by atoms with Crippen LogP contribution in [0.25, 0.3) is 10.6 Å². The van der Waals surface area contributed by atoms with Crippen LogP contribution in [-0.4, -0.2) is 41.1 Å². The SMILES string of the molecule is Cc1nc(-c2ccccc2)sc1C(=O)N1CCOC2CCCCC21. The van der Waals surface area contributed by atoms with Gasteiger partial charge in [-0.1, -0.05) is 43.2 Å². The van der Waals surface area contributed by atoms with Gasteiger partial charge in [-0.3, -0.25) is 4.79 Å². The van der Waals surface area contributed by atoms with Crippen molar-refractivity contribution in [2.24, 2.45) is 0 Å². The maximum Gasteiger partial charge on any atom is 0.266 e. The molecule has 2 heterocycles. The average Bonchev–Trinajstić information content (AvgIpc) is 3.03. The quantitative estimate of drug-likeness (QED) is 0.831. The lowest BCUT2D eigenvalue weighted by molar-refractivity contribution is -0.0751. The molecule has 126 valence electrons. The molecule has 1 aliphatic heterocycles. The van der Waals surface area contributed by atoms with E-state index in [1.54, 1.807) is 0 Å². The molecule has 0 spiro atoms. The lowest BCUT2D eigenvalue weighted by Gasteiger charge is -2.43. The molecule has 4 nitrogen and oxygen atoms in total. The van der Waals surface area contributed by atoms with E-state index in [2.05, 4.69) is 4.98 Å². The Labute approximate surface area is 146 Å². The molecule has 2 aromatic rings. The third-order valence-corrected chi connectivity index (χ3v) is 6.20. The van der Waals surface area contributed by atoms with Gasteiger partial charge in [0, 0.05) is 12.1 Å². The van der Waals surface area contributed by atoms with E-state index in [0.29, 0.717) is 13.2 Å². The lowest BCUT2D eigenvalue weighted by atomic mass is 9.90. The number of morpholine rings is 1. The van der Waals surface area contributed by atoms with E-state index in [9.17, 15) is 4.79 Å². The number of thiazole rings is 1. The summed E-state index contributed by atoms with van der Waals surface area (Å²) in [6, 6.07) is 10.3. The number of carbonyl (C=O) groups excluding carboxylic acids is 1. The van der Waals surface area contributed by atoms with Gasteiger partial charge in [-0.2, -0.15) is 0 Å². The Balaban J connectivity index is 1.61. The predicted molar refractivity (Wildman–Crippen MR) is 95.3 cm³/mol. The van der Waals surface area contributed by atoms with Crippen LogP contribution in [0.1, 0.15) is 41.0 Å². The third-order valence-electron chi connectivity index (χ3n) is 5.00. The molecule has 2 unspecified atom stereocenters. The molecule has 1 saturated heterocycles. The van der Waals surface area contributed by atoms with Crippen molar-refractivity contribution in [3.05, 3.63) is 40.9 Å². The first-order valence-corrected chi connectivity index (χ1v) is 9.51. The minimum atomic E-state index is 0.132. The molecule has 24 heavy (non-hydrogen) atoms. The predicted octanol–water partition coefficient (Wildman–Crippen LogP) is 3.90. The molecule has 1 aliphatic carbocycles. The van der Waals surface area contributed by atoms with Crippen molar-refractivity contribution in [3.63, 3.8) is 0 Å². The summed E-state index contributed by atoms with van der Waals surface area (Å²) in [7, 11) is 0. The summed E-state index contributed by atoms with van der Waals surface area (Å²) in [6.07, 6.45) is 4.75. The highest BCUT2D eigenvalue weighted by Crippen LogP contribution is 2.33. The van der Waals surface area contributed by atoms with Gasteiger partial charge in [-0.15, -0.1) is 11.3 Å². The highest BCUT2D eigenvalue weighted by atomic mass is 32.1. The van der Waals surface area contributed by atoms with Crippen LogP contribution in [0, 0.1) is 6.92 Å². The smallest absolute Gasteiger partial charge is 0.266 e. The van der Waals surface area contributed by atoms with Crippen LogP contribution >= 0.6 is 11.3 Å². The van der Waals surface area contributed by atoms with Gasteiger partial charge in [0.1, 0.15) is 9.88 Å². The molecule has 1 amide bonds. The number of amides is 1. The standard InChI is InChI=1S/C19H22N2O2S/c1-13-17(24-18(20-13)14-7-3-2-4-8-14)19(22)21-11-12-23-16-10-6-5-9-15(16)21/h2-4,7-8,15-16H,5-6,9-12H2,1H3. The van der Waals surface area contributed by atoms with E-state index in [1.807, 2.05) is 42.2 Å². The maximum absolute atomic E-state index is 13.2. The van der Waals surface area contributed by atoms with Crippen molar-refractivity contribution < 1.29 is 9.53 Å². The minimum absolute atomic E-state index is 0.132. The zero-order valence-electron chi connectivity index (χ0n) is 13.9. The lowest BCUT2D eigenvalue weighted by Crippen LogP contribution is -2.54. The van der Waals surface area contributed by atoms with Crippen LogP contribution in [0.3, 0.4) is 0 Å². The Hall–Kier alpha value is -1.72. The first-order valence-electron chi connectivity index (χ1n) is 8.69. The monoisotopic (exact) mass is 342 g/mol. The highest BCUT2D eigenvalue weighted by molar-refractivity contribution is 7.17. The molecule has 2 atom stereocenters. The van der Waals surface area contributed by atoms with Crippen LogP contribution in [0.4, 0.5) is 0 Å². The fourth-order valence-corrected chi connectivity index (χ4v) is 4.81. The average molecular weight is 342 g/mol. The number of fused-ring (bicyclic) bond motifs is 1. The van der Waals surface area contributed by atoms with Gasteiger partial charge in [0.25, 0.3) is 5.91 Å². The molecule has 2 fully saturated rings. The number of rotatable bonds is 2. The normalized spacial score (nSPS) is 23.8. The number of nitrogens with zero attached hydrogens (tertiary/aromatic N) is 2. The van der Waals surface area contributed by atoms with Crippen molar-refractivity contribution in [2.45, 2.75) is 44.8 Å². The van der Waals surface area contributed by atoms with Gasteiger partial charge >= 0.3 is 0 Å². The molecule has 5 heteroatoms. The minimum Gasteiger partial charge on any atom is -0.374 e. The number of aryl methyl sites for hydroxylation is 1. The molecule has 1 aromatic heterocycles. The summed E-state index contributed by atoms with van der Waals surface area (Å²) in [5.74, 6) is 0.132. The zero-order chi connectivity index (χ0) is 16.5. The molecular weight excluding hydrogens is 320 g/mol. The summed E-state index contributed by atoms with van der Waals surface area (Å²) in [5, 5.41) is 0.921. The molecule has 0 radical (unpaired) electrons. The first-order chi connectivity index (χ1) is 11.7. The van der Waals surface area contributed by atoms with E-state index in [1.165, 1.54) is 24.2 Å². The largest absolute Gasteiger partial charge is 0.374 e. The van der Waals surface area contributed by atoms with Crippen molar-refractivity contribution in [2.75, 3.05) is 13.2 Å². The van der Waals surface area contributed by atoms with E-state index in [0.717, 1.165) is 34.0 Å².